The zero-order valence-electron chi connectivity index (χ0n) is 10.2. The van der Waals surface area contributed by atoms with E-state index in [1.165, 1.54) is 0 Å². The maximum atomic E-state index is 12.2. The van der Waals surface area contributed by atoms with E-state index in [-0.39, 0.29) is 12.0 Å². The highest BCUT2D eigenvalue weighted by molar-refractivity contribution is 7.13. The van der Waals surface area contributed by atoms with E-state index < -0.39 is 0 Å². The third-order valence-corrected chi connectivity index (χ3v) is 4.32. The molecule has 0 bridgehead atoms. The summed E-state index contributed by atoms with van der Waals surface area (Å²) in [5, 5.41) is 3.04. The molecule has 98 valence electrons. The van der Waals surface area contributed by atoms with Crippen LogP contribution < -0.4 is 4.90 Å². The first-order valence-corrected chi connectivity index (χ1v) is 7.27. The minimum Gasteiger partial charge on any atom is -0.368 e. The van der Waals surface area contributed by atoms with E-state index in [0.717, 1.165) is 50.8 Å². The number of amides is 1. The first-order chi connectivity index (χ1) is 8.84. The van der Waals surface area contributed by atoms with Crippen molar-refractivity contribution in [2.24, 2.45) is 0 Å². The second-order valence-electron chi connectivity index (χ2n) is 4.63. The normalized spacial score (nSPS) is 24.6. The van der Waals surface area contributed by atoms with Crippen LogP contribution in [0.25, 0.3) is 0 Å². The smallest absolute Gasteiger partial charge is 0.251 e. The van der Waals surface area contributed by atoms with Crippen molar-refractivity contribution in [3.05, 3.63) is 11.6 Å². The number of anilines is 1. The van der Waals surface area contributed by atoms with Crippen LogP contribution in [0.2, 0.25) is 0 Å². The molecule has 0 radical (unpaired) electrons. The largest absolute Gasteiger partial charge is 0.368 e. The molecule has 6 heteroatoms. The van der Waals surface area contributed by atoms with E-state index in [1.807, 2.05) is 16.5 Å². The summed E-state index contributed by atoms with van der Waals surface area (Å²) in [7, 11) is 0. The first-order valence-electron chi connectivity index (χ1n) is 6.39. The fourth-order valence-corrected chi connectivity index (χ4v) is 3.16. The topological polar surface area (TPSA) is 45.7 Å². The van der Waals surface area contributed by atoms with Gasteiger partial charge in [-0.05, 0) is 12.8 Å². The van der Waals surface area contributed by atoms with Crippen LogP contribution in [0.1, 0.15) is 12.8 Å². The molecule has 2 aliphatic heterocycles. The minimum atomic E-state index is -0.184. The molecular formula is C12H17N3O2S. The van der Waals surface area contributed by atoms with Crippen molar-refractivity contribution in [2.75, 3.05) is 37.7 Å². The van der Waals surface area contributed by atoms with Crippen LogP contribution in [0, 0.1) is 0 Å². The van der Waals surface area contributed by atoms with Crippen LogP contribution in [0.3, 0.4) is 0 Å². The Morgan fingerprint density at radius 3 is 2.83 bits per heavy atom. The molecule has 5 nitrogen and oxygen atoms in total. The van der Waals surface area contributed by atoms with Crippen molar-refractivity contribution in [1.29, 1.82) is 0 Å². The summed E-state index contributed by atoms with van der Waals surface area (Å²) in [4.78, 5) is 20.6. The molecule has 1 amide bonds. The second kappa shape index (κ2) is 5.24. The molecule has 2 aliphatic rings. The minimum absolute atomic E-state index is 0.172. The summed E-state index contributed by atoms with van der Waals surface area (Å²) < 4.78 is 5.45. The van der Waals surface area contributed by atoms with Gasteiger partial charge in [0, 0.05) is 44.4 Å². The van der Waals surface area contributed by atoms with Gasteiger partial charge in [0.25, 0.3) is 5.91 Å². The molecule has 0 aromatic carbocycles. The molecule has 18 heavy (non-hydrogen) atoms. The van der Waals surface area contributed by atoms with Crippen molar-refractivity contribution in [2.45, 2.75) is 18.9 Å². The molecule has 1 atom stereocenters. The van der Waals surface area contributed by atoms with Crippen molar-refractivity contribution in [1.82, 2.24) is 9.88 Å². The molecular weight excluding hydrogens is 250 g/mol. The molecule has 0 aliphatic carbocycles. The highest BCUT2D eigenvalue weighted by Gasteiger charge is 2.30. The molecule has 0 spiro atoms. The number of nitrogens with zero attached hydrogens (tertiary/aromatic N) is 3. The van der Waals surface area contributed by atoms with Gasteiger partial charge in [0.1, 0.15) is 6.10 Å². The lowest BCUT2D eigenvalue weighted by Gasteiger charge is -2.35. The van der Waals surface area contributed by atoms with Gasteiger partial charge in [-0.25, -0.2) is 4.98 Å². The fourth-order valence-electron chi connectivity index (χ4n) is 2.47. The number of carbonyl (C=O) groups is 1. The molecule has 3 heterocycles. The zero-order valence-corrected chi connectivity index (χ0v) is 11.1. The third-order valence-electron chi connectivity index (χ3n) is 3.49. The number of rotatable bonds is 2. The monoisotopic (exact) mass is 267 g/mol. The van der Waals surface area contributed by atoms with Crippen molar-refractivity contribution in [3.63, 3.8) is 0 Å². The van der Waals surface area contributed by atoms with Gasteiger partial charge in [0.05, 0.1) is 0 Å². The van der Waals surface area contributed by atoms with E-state index in [4.69, 9.17) is 4.74 Å². The number of carbonyl (C=O) groups excluding carboxylic acids is 1. The second-order valence-corrected chi connectivity index (χ2v) is 5.50. The molecule has 2 fully saturated rings. The third kappa shape index (κ3) is 2.35. The van der Waals surface area contributed by atoms with Gasteiger partial charge in [0.15, 0.2) is 5.13 Å². The average Bonchev–Trinajstić information content (AvgIpc) is 3.11. The Balaban J connectivity index is 1.55. The Hall–Kier alpha value is -1.14. The fraction of sp³-hybridized carbons (Fsp3) is 0.667. The summed E-state index contributed by atoms with van der Waals surface area (Å²) in [5.74, 6) is 0.172. The molecule has 1 aromatic heterocycles. The maximum absolute atomic E-state index is 12.2. The van der Waals surface area contributed by atoms with Gasteiger partial charge in [-0.1, -0.05) is 0 Å². The van der Waals surface area contributed by atoms with E-state index >= 15 is 0 Å². The number of piperazine rings is 1. The van der Waals surface area contributed by atoms with Gasteiger partial charge in [0.2, 0.25) is 0 Å². The lowest BCUT2D eigenvalue weighted by Crippen LogP contribution is -2.51. The van der Waals surface area contributed by atoms with Crippen LogP contribution in [-0.2, 0) is 9.53 Å². The van der Waals surface area contributed by atoms with E-state index in [2.05, 4.69) is 9.88 Å². The van der Waals surface area contributed by atoms with Gasteiger partial charge in [-0.15, -0.1) is 11.3 Å². The van der Waals surface area contributed by atoms with E-state index in [1.54, 1.807) is 11.3 Å². The molecule has 0 saturated carbocycles. The predicted octanol–water partition coefficient (Wildman–Crippen LogP) is 0.971. The van der Waals surface area contributed by atoms with Crippen LogP contribution >= 0.6 is 11.3 Å². The van der Waals surface area contributed by atoms with E-state index in [0.29, 0.717) is 0 Å². The molecule has 0 N–H and O–H groups in total. The molecule has 3 rings (SSSR count). The Labute approximate surface area is 110 Å². The molecule has 0 unspecified atom stereocenters. The Bertz CT molecular complexity index is 395. The van der Waals surface area contributed by atoms with Crippen LogP contribution in [0.4, 0.5) is 5.13 Å². The summed E-state index contributed by atoms with van der Waals surface area (Å²) in [5.41, 5.74) is 0. The quantitative estimate of drug-likeness (QED) is 0.801. The Kier molecular flexibility index (Phi) is 3.47. The Morgan fingerprint density at radius 2 is 2.22 bits per heavy atom. The van der Waals surface area contributed by atoms with Crippen molar-refractivity contribution < 1.29 is 9.53 Å². The van der Waals surface area contributed by atoms with Crippen LogP contribution in [0.5, 0.6) is 0 Å². The highest BCUT2D eigenvalue weighted by Crippen LogP contribution is 2.20. The number of ether oxygens (including phenoxy) is 1. The van der Waals surface area contributed by atoms with Gasteiger partial charge in [-0.2, -0.15) is 0 Å². The standard InChI is InChI=1S/C12H17N3O2S/c16-11(10-2-1-8-17-10)14-4-6-15(7-5-14)12-13-3-9-18-12/h3,9-10H,1-2,4-8H2/t10-/m1/s1. The average molecular weight is 267 g/mol. The number of aromatic nitrogens is 1. The van der Waals surface area contributed by atoms with Gasteiger partial charge < -0.3 is 14.5 Å². The lowest BCUT2D eigenvalue weighted by atomic mass is 10.2. The summed E-state index contributed by atoms with van der Waals surface area (Å²) in [6.45, 7) is 4.02. The maximum Gasteiger partial charge on any atom is 0.251 e. The van der Waals surface area contributed by atoms with Crippen LogP contribution in [0.15, 0.2) is 11.6 Å². The van der Waals surface area contributed by atoms with Gasteiger partial charge >= 0.3 is 0 Å². The SMILES string of the molecule is O=C([C@H]1CCCO1)N1CCN(c2nccs2)CC1. The summed E-state index contributed by atoms with van der Waals surface area (Å²) in [6.07, 6.45) is 3.53. The Morgan fingerprint density at radius 1 is 1.39 bits per heavy atom. The summed E-state index contributed by atoms with van der Waals surface area (Å²) >= 11 is 1.65. The first kappa shape index (κ1) is 11.9. The number of hydrogen-bond acceptors (Lipinski definition) is 5. The van der Waals surface area contributed by atoms with Crippen molar-refractivity contribution in [3.8, 4) is 0 Å². The molecule has 1 aromatic rings. The number of thiazole rings is 1. The summed E-state index contributed by atoms with van der Waals surface area (Å²) in [6, 6.07) is 0. The zero-order chi connectivity index (χ0) is 12.4. The molecule has 2 saturated heterocycles. The number of hydrogen-bond donors (Lipinski definition) is 0. The van der Waals surface area contributed by atoms with Crippen LogP contribution in [-0.4, -0.2) is 54.7 Å². The highest BCUT2D eigenvalue weighted by atomic mass is 32.1. The van der Waals surface area contributed by atoms with E-state index in [9.17, 15) is 4.79 Å². The predicted molar refractivity (Wildman–Crippen MR) is 69.9 cm³/mol. The van der Waals surface area contributed by atoms with Crippen molar-refractivity contribution >= 4 is 22.4 Å². The lowest BCUT2D eigenvalue weighted by molar-refractivity contribution is -0.141. The van der Waals surface area contributed by atoms with Gasteiger partial charge in [-0.3, -0.25) is 4.79 Å².